The molecule has 0 aliphatic heterocycles. The maximum atomic E-state index is 12.4. The summed E-state index contributed by atoms with van der Waals surface area (Å²) in [6, 6.07) is 6.98. The zero-order valence-corrected chi connectivity index (χ0v) is 13.3. The Balaban J connectivity index is 2.95. The van der Waals surface area contributed by atoms with Crippen LogP contribution in [0.25, 0.3) is 0 Å². The number of hydrogen-bond acceptors (Lipinski definition) is 3. The second kappa shape index (κ2) is 7.67. The Hall–Kier alpha value is -2.04. The monoisotopic (exact) mass is 292 g/mol. The molecule has 0 saturated heterocycles. The molecule has 0 saturated carbocycles. The van der Waals surface area contributed by atoms with Crippen LogP contribution in [0.3, 0.4) is 0 Å². The summed E-state index contributed by atoms with van der Waals surface area (Å²) in [7, 11) is 3.18. The minimum absolute atomic E-state index is 0.0399. The summed E-state index contributed by atoms with van der Waals surface area (Å²) in [5, 5.41) is 2.59. The molecule has 0 aromatic heterocycles. The number of rotatable bonds is 6. The summed E-state index contributed by atoms with van der Waals surface area (Å²) in [5.41, 5.74) is 0.959. The minimum Gasteiger partial charge on any atom is -0.497 e. The van der Waals surface area contributed by atoms with E-state index in [-0.39, 0.29) is 17.7 Å². The first kappa shape index (κ1) is 17.0. The highest BCUT2D eigenvalue weighted by Crippen LogP contribution is 2.16. The Morgan fingerprint density at radius 3 is 2.19 bits per heavy atom. The molecule has 1 atom stereocenters. The maximum Gasteiger partial charge on any atom is 0.242 e. The molecular weight excluding hydrogens is 268 g/mol. The van der Waals surface area contributed by atoms with Crippen molar-refractivity contribution in [2.45, 2.75) is 33.4 Å². The van der Waals surface area contributed by atoms with Gasteiger partial charge in [-0.1, -0.05) is 26.0 Å². The third-order valence-electron chi connectivity index (χ3n) is 3.38. The molecule has 0 aliphatic carbocycles. The molecule has 116 valence electrons. The number of likely N-dealkylation sites (N-methyl/N-ethyl adjacent to an activating group) is 1. The van der Waals surface area contributed by atoms with Crippen LogP contribution in [0.5, 0.6) is 5.75 Å². The van der Waals surface area contributed by atoms with E-state index in [1.54, 1.807) is 26.0 Å². The fourth-order valence-corrected chi connectivity index (χ4v) is 2.02. The van der Waals surface area contributed by atoms with E-state index in [4.69, 9.17) is 4.74 Å². The van der Waals surface area contributed by atoms with Crippen LogP contribution < -0.4 is 10.1 Å². The fraction of sp³-hybridized carbons (Fsp3) is 0.500. The van der Waals surface area contributed by atoms with Crippen LogP contribution in [0.2, 0.25) is 0 Å². The molecule has 0 aliphatic rings. The number of nitrogens with zero attached hydrogens (tertiary/aromatic N) is 1. The Kier molecular flexibility index (Phi) is 6.21. The molecule has 1 aromatic rings. The smallest absolute Gasteiger partial charge is 0.242 e. The van der Waals surface area contributed by atoms with Crippen molar-refractivity contribution < 1.29 is 14.3 Å². The predicted octanol–water partition coefficient (Wildman–Crippen LogP) is 1.81. The molecule has 21 heavy (non-hydrogen) atoms. The minimum atomic E-state index is -0.507. The van der Waals surface area contributed by atoms with Crippen LogP contribution in [0, 0.1) is 5.92 Å². The number of hydrogen-bond donors (Lipinski definition) is 1. The number of methoxy groups -OCH3 is 1. The van der Waals surface area contributed by atoms with E-state index in [9.17, 15) is 9.59 Å². The lowest BCUT2D eigenvalue weighted by atomic mass is 10.1. The first-order valence-electron chi connectivity index (χ1n) is 7.05. The van der Waals surface area contributed by atoms with Gasteiger partial charge in [0.15, 0.2) is 0 Å². The van der Waals surface area contributed by atoms with Gasteiger partial charge in [-0.2, -0.15) is 0 Å². The highest BCUT2D eigenvalue weighted by Gasteiger charge is 2.26. The topological polar surface area (TPSA) is 58.6 Å². The van der Waals surface area contributed by atoms with E-state index < -0.39 is 6.04 Å². The van der Waals surface area contributed by atoms with Gasteiger partial charge < -0.3 is 15.0 Å². The van der Waals surface area contributed by atoms with Crippen molar-refractivity contribution in [2.75, 3.05) is 14.2 Å². The number of carbonyl (C=O) groups is 2. The summed E-state index contributed by atoms with van der Waals surface area (Å²) in [4.78, 5) is 25.8. The van der Waals surface area contributed by atoms with E-state index in [0.29, 0.717) is 6.54 Å². The van der Waals surface area contributed by atoms with Crippen molar-refractivity contribution in [2.24, 2.45) is 5.92 Å². The van der Waals surface area contributed by atoms with Gasteiger partial charge in [0, 0.05) is 19.5 Å². The van der Waals surface area contributed by atoms with Gasteiger partial charge in [-0.05, 0) is 24.6 Å². The second-order valence-electron chi connectivity index (χ2n) is 5.26. The molecule has 1 aromatic carbocycles. The number of benzene rings is 1. The molecular formula is C16H24N2O3. The molecule has 0 heterocycles. The molecule has 0 fully saturated rings. The second-order valence-corrected chi connectivity index (χ2v) is 5.26. The highest BCUT2D eigenvalue weighted by atomic mass is 16.5. The van der Waals surface area contributed by atoms with Gasteiger partial charge in [-0.3, -0.25) is 9.59 Å². The van der Waals surface area contributed by atoms with Crippen molar-refractivity contribution in [1.29, 1.82) is 0 Å². The molecule has 0 unspecified atom stereocenters. The summed E-state index contributed by atoms with van der Waals surface area (Å²) in [5.74, 6) is 0.398. The summed E-state index contributed by atoms with van der Waals surface area (Å²) in [6.07, 6.45) is 0. The molecule has 0 bridgehead atoms. The van der Waals surface area contributed by atoms with Gasteiger partial charge in [0.2, 0.25) is 11.8 Å². The fourth-order valence-electron chi connectivity index (χ4n) is 2.02. The van der Waals surface area contributed by atoms with Crippen molar-refractivity contribution >= 4 is 11.8 Å². The molecule has 0 spiro atoms. The van der Waals surface area contributed by atoms with Crippen molar-refractivity contribution in [3.8, 4) is 5.75 Å². The van der Waals surface area contributed by atoms with Crippen LogP contribution in [-0.2, 0) is 16.1 Å². The number of amides is 2. The number of carbonyl (C=O) groups excluding carboxylic acids is 2. The van der Waals surface area contributed by atoms with Gasteiger partial charge in [-0.25, -0.2) is 0 Å². The zero-order chi connectivity index (χ0) is 16.0. The van der Waals surface area contributed by atoms with Gasteiger partial charge in [0.05, 0.1) is 7.11 Å². The molecule has 2 amide bonds. The molecule has 1 rings (SSSR count). The standard InChI is InChI=1S/C16H24N2O3/c1-11(2)16(20)18(12(3)15(19)17-4)10-13-6-8-14(21-5)9-7-13/h6-9,11-12H,10H2,1-5H3,(H,17,19)/t12-/m0/s1. The molecule has 0 radical (unpaired) electrons. The Labute approximate surface area is 126 Å². The maximum absolute atomic E-state index is 12.4. The van der Waals surface area contributed by atoms with E-state index in [1.807, 2.05) is 38.1 Å². The normalized spacial score (nSPS) is 11.9. The molecule has 5 nitrogen and oxygen atoms in total. The average molecular weight is 292 g/mol. The van der Waals surface area contributed by atoms with Gasteiger partial charge in [0.25, 0.3) is 0 Å². The highest BCUT2D eigenvalue weighted by molar-refractivity contribution is 5.87. The number of nitrogens with one attached hydrogen (secondary N) is 1. The van der Waals surface area contributed by atoms with E-state index >= 15 is 0 Å². The molecule has 1 N–H and O–H groups in total. The van der Waals surface area contributed by atoms with Crippen molar-refractivity contribution in [1.82, 2.24) is 10.2 Å². The van der Waals surface area contributed by atoms with E-state index in [1.165, 1.54) is 0 Å². The van der Waals surface area contributed by atoms with Crippen LogP contribution in [0.1, 0.15) is 26.3 Å². The Morgan fingerprint density at radius 1 is 1.19 bits per heavy atom. The van der Waals surface area contributed by atoms with Gasteiger partial charge >= 0.3 is 0 Å². The third-order valence-corrected chi connectivity index (χ3v) is 3.38. The van der Waals surface area contributed by atoms with Gasteiger partial charge in [-0.15, -0.1) is 0 Å². The van der Waals surface area contributed by atoms with Crippen LogP contribution in [0.15, 0.2) is 24.3 Å². The SMILES string of the molecule is CNC(=O)[C@H](C)N(Cc1ccc(OC)cc1)C(=O)C(C)C. The van der Waals surface area contributed by atoms with E-state index in [0.717, 1.165) is 11.3 Å². The lowest BCUT2D eigenvalue weighted by Crippen LogP contribution is -2.48. The van der Waals surface area contributed by atoms with Gasteiger partial charge in [0.1, 0.15) is 11.8 Å². The zero-order valence-electron chi connectivity index (χ0n) is 13.3. The van der Waals surface area contributed by atoms with Crippen molar-refractivity contribution in [3.05, 3.63) is 29.8 Å². The summed E-state index contributed by atoms with van der Waals surface area (Å²) < 4.78 is 5.12. The molecule has 5 heteroatoms. The van der Waals surface area contributed by atoms with Crippen LogP contribution in [-0.4, -0.2) is 36.9 Å². The quantitative estimate of drug-likeness (QED) is 0.870. The van der Waals surface area contributed by atoms with E-state index in [2.05, 4.69) is 5.32 Å². The largest absolute Gasteiger partial charge is 0.497 e. The van der Waals surface area contributed by atoms with Crippen LogP contribution >= 0.6 is 0 Å². The lowest BCUT2D eigenvalue weighted by molar-refractivity contribution is -0.142. The predicted molar refractivity (Wildman–Crippen MR) is 81.9 cm³/mol. The first-order valence-corrected chi connectivity index (χ1v) is 7.05. The lowest BCUT2D eigenvalue weighted by Gasteiger charge is -2.29. The Morgan fingerprint density at radius 2 is 1.76 bits per heavy atom. The Bertz CT molecular complexity index is 483. The average Bonchev–Trinajstić information content (AvgIpc) is 2.50. The third kappa shape index (κ3) is 4.48. The van der Waals surface area contributed by atoms with Crippen LogP contribution in [0.4, 0.5) is 0 Å². The first-order chi connectivity index (χ1) is 9.90. The number of ether oxygens (including phenoxy) is 1. The summed E-state index contributed by atoms with van der Waals surface area (Å²) in [6.45, 7) is 5.80. The van der Waals surface area contributed by atoms with Crippen molar-refractivity contribution in [3.63, 3.8) is 0 Å². The summed E-state index contributed by atoms with van der Waals surface area (Å²) >= 11 is 0.